The number of nitrogens with zero attached hydrogens (tertiary/aromatic N) is 4. The number of fused-ring (bicyclic) bond motifs is 1. The van der Waals surface area contributed by atoms with Gasteiger partial charge in [0.25, 0.3) is 0 Å². The molecule has 150 valence electrons. The van der Waals surface area contributed by atoms with E-state index < -0.39 is 24.2 Å². The number of benzene rings is 1. The molecule has 2 N–H and O–H groups in total. The SMILES string of the molecule is CC(=O)NC[C@H]1CN(c2cc(F)c(N3Cc4cn(C)nc4C3)cc2F)C(O)O1. The summed E-state index contributed by atoms with van der Waals surface area (Å²) in [6, 6.07) is 2.19. The summed E-state index contributed by atoms with van der Waals surface area (Å²) in [7, 11) is 1.82. The van der Waals surface area contributed by atoms with Crippen molar-refractivity contribution in [3.05, 3.63) is 41.2 Å². The molecule has 0 spiro atoms. The molecule has 1 saturated heterocycles. The van der Waals surface area contributed by atoms with Crippen LogP contribution in [0.25, 0.3) is 0 Å². The van der Waals surface area contributed by atoms with Crippen molar-refractivity contribution < 1.29 is 23.4 Å². The average molecular weight is 393 g/mol. The number of amides is 1. The van der Waals surface area contributed by atoms with Crippen molar-refractivity contribution in [2.45, 2.75) is 32.5 Å². The Morgan fingerprint density at radius 1 is 1.32 bits per heavy atom. The van der Waals surface area contributed by atoms with E-state index in [-0.39, 0.29) is 30.4 Å². The number of aromatic nitrogens is 2. The molecule has 1 fully saturated rings. The van der Waals surface area contributed by atoms with Gasteiger partial charge in [0.15, 0.2) is 0 Å². The Balaban J connectivity index is 1.52. The summed E-state index contributed by atoms with van der Waals surface area (Å²) in [5.74, 6) is -1.49. The Bertz CT molecular complexity index is 895. The Morgan fingerprint density at radius 3 is 2.75 bits per heavy atom. The molecule has 0 aliphatic carbocycles. The molecule has 3 heterocycles. The number of nitrogens with one attached hydrogen (secondary N) is 1. The van der Waals surface area contributed by atoms with Gasteiger partial charge in [-0.3, -0.25) is 9.48 Å². The minimum atomic E-state index is -1.42. The molecule has 0 saturated carbocycles. The number of aliphatic hydroxyl groups excluding tert-OH is 1. The van der Waals surface area contributed by atoms with Crippen molar-refractivity contribution in [3.8, 4) is 0 Å². The monoisotopic (exact) mass is 393 g/mol. The number of carbonyl (C=O) groups excluding carboxylic acids is 1. The zero-order valence-electron chi connectivity index (χ0n) is 15.5. The lowest BCUT2D eigenvalue weighted by Gasteiger charge is -2.24. The van der Waals surface area contributed by atoms with Crippen LogP contribution in [0.2, 0.25) is 0 Å². The smallest absolute Gasteiger partial charge is 0.238 e. The van der Waals surface area contributed by atoms with Crippen LogP contribution in [0.1, 0.15) is 18.2 Å². The number of aryl methyl sites for hydroxylation is 1. The molecule has 1 amide bonds. The van der Waals surface area contributed by atoms with E-state index in [0.717, 1.165) is 23.4 Å². The van der Waals surface area contributed by atoms with Gasteiger partial charge in [-0.25, -0.2) is 8.78 Å². The molecule has 1 aromatic carbocycles. The highest BCUT2D eigenvalue weighted by Crippen LogP contribution is 2.35. The standard InChI is InChI=1S/C18H21F2N5O3/c1-10(26)21-5-12-8-25(18(27)28-12)17-4-13(19)16(3-14(17)20)24-7-11-6-23(2)22-15(11)9-24/h3-4,6,12,18,27H,5,7-9H2,1-2H3,(H,21,26)/t12-,18?/m0/s1. The summed E-state index contributed by atoms with van der Waals surface area (Å²) in [4.78, 5) is 14.0. The molecule has 10 heteroatoms. The summed E-state index contributed by atoms with van der Waals surface area (Å²) < 4.78 is 36.6. The lowest BCUT2D eigenvalue weighted by Crippen LogP contribution is -2.34. The molecule has 4 rings (SSSR count). The lowest BCUT2D eigenvalue weighted by molar-refractivity contribution is -0.121. The second-order valence-corrected chi connectivity index (χ2v) is 7.06. The molecule has 2 aromatic rings. The fraction of sp³-hybridized carbons (Fsp3) is 0.444. The van der Waals surface area contributed by atoms with Crippen molar-refractivity contribution in [2.75, 3.05) is 22.9 Å². The molecular weight excluding hydrogens is 372 g/mol. The number of carbonyl (C=O) groups is 1. The molecular formula is C18H21F2N5O3. The van der Waals surface area contributed by atoms with E-state index in [2.05, 4.69) is 10.4 Å². The molecule has 2 aliphatic rings. The number of hydrogen-bond acceptors (Lipinski definition) is 6. The van der Waals surface area contributed by atoms with Gasteiger partial charge in [-0.2, -0.15) is 5.10 Å². The van der Waals surface area contributed by atoms with Gasteiger partial charge >= 0.3 is 0 Å². The number of rotatable bonds is 4. The largest absolute Gasteiger partial charge is 0.359 e. The van der Waals surface area contributed by atoms with Gasteiger partial charge in [0, 0.05) is 51.0 Å². The van der Waals surface area contributed by atoms with E-state index in [1.165, 1.54) is 11.8 Å². The maximum absolute atomic E-state index is 14.8. The first-order chi connectivity index (χ1) is 13.3. The van der Waals surface area contributed by atoms with Crippen LogP contribution in [-0.2, 0) is 29.7 Å². The highest BCUT2D eigenvalue weighted by molar-refractivity contribution is 5.72. The zero-order chi connectivity index (χ0) is 20.0. The van der Waals surface area contributed by atoms with Gasteiger partial charge in [-0.1, -0.05) is 0 Å². The Kier molecular flexibility index (Phi) is 4.68. The highest BCUT2D eigenvalue weighted by atomic mass is 19.1. The number of anilines is 2. The molecule has 2 atom stereocenters. The third-order valence-electron chi connectivity index (χ3n) is 4.92. The fourth-order valence-electron chi connectivity index (χ4n) is 3.64. The van der Waals surface area contributed by atoms with E-state index >= 15 is 0 Å². The number of ether oxygens (including phenoxy) is 1. The molecule has 0 bridgehead atoms. The van der Waals surface area contributed by atoms with E-state index in [0.29, 0.717) is 13.1 Å². The maximum atomic E-state index is 14.8. The first kappa shape index (κ1) is 18.6. The minimum Gasteiger partial charge on any atom is -0.359 e. The normalized spacial score (nSPS) is 21.3. The van der Waals surface area contributed by atoms with Gasteiger partial charge in [0.1, 0.15) is 11.6 Å². The van der Waals surface area contributed by atoms with Gasteiger partial charge in [0.2, 0.25) is 12.3 Å². The van der Waals surface area contributed by atoms with E-state index in [1.807, 2.05) is 13.2 Å². The second-order valence-electron chi connectivity index (χ2n) is 7.06. The van der Waals surface area contributed by atoms with Crippen LogP contribution in [0.3, 0.4) is 0 Å². The summed E-state index contributed by atoms with van der Waals surface area (Å²) in [5.41, 5.74) is 1.88. The Hall–Kier alpha value is -2.72. The van der Waals surface area contributed by atoms with Crippen molar-refractivity contribution in [2.24, 2.45) is 7.05 Å². The topological polar surface area (TPSA) is 82.9 Å². The summed E-state index contributed by atoms with van der Waals surface area (Å²) in [6.07, 6.45) is -0.0777. The lowest BCUT2D eigenvalue weighted by atomic mass is 10.2. The van der Waals surface area contributed by atoms with E-state index in [9.17, 15) is 18.7 Å². The minimum absolute atomic E-state index is 0.0882. The molecule has 1 unspecified atom stereocenters. The maximum Gasteiger partial charge on any atom is 0.238 e. The van der Waals surface area contributed by atoms with Crippen molar-refractivity contribution in [1.82, 2.24) is 15.1 Å². The first-order valence-corrected chi connectivity index (χ1v) is 8.92. The van der Waals surface area contributed by atoms with Gasteiger partial charge in [0.05, 0.1) is 36.3 Å². The summed E-state index contributed by atoms with van der Waals surface area (Å²) >= 11 is 0. The molecule has 8 nitrogen and oxygen atoms in total. The van der Waals surface area contributed by atoms with Gasteiger partial charge < -0.3 is 25.0 Å². The van der Waals surface area contributed by atoms with Crippen molar-refractivity contribution >= 4 is 17.3 Å². The number of aliphatic hydroxyl groups is 1. The van der Waals surface area contributed by atoms with Crippen LogP contribution in [-0.4, -0.2) is 46.4 Å². The zero-order valence-corrected chi connectivity index (χ0v) is 15.5. The van der Waals surface area contributed by atoms with Crippen LogP contribution in [0.15, 0.2) is 18.3 Å². The van der Waals surface area contributed by atoms with Crippen LogP contribution in [0, 0.1) is 11.6 Å². The van der Waals surface area contributed by atoms with Gasteiger partial charge in [-0.05, 0) is 0 Å². The van der Waals surface area contributed by atoms with Crippen molar-refractivity contribution in [3.63, 3.8) is 0 Å². The van der Waals surface area contributed by atoms with E-state index in [1.54, 1.807) is 9.58 Å². The predicted molar refractivity (Wildman–Crippen MR) is 96.4 cm³/mol. The third kappa shape index (κ3) is 3.40. The quantitative estimate of drug-likeness (QED) is 0.801. The second kappa shape index (κ2) is 7.02. The average Bonchev–Trinajstić information content (AvgIpc) is 3.27. The van der Waals surface area contributed by atoms with Crippen LogP contribution in [0.5, 0.6) is 0 Å². The van der Waals surface area contributed by atoms with E-state index in [4.69, 9.17) is 4.74 Å². The van der Waals surface area contributed by atoms with Gasteiger partial charge in [-0.15, -0.1) is 0 Å². The van der Waals surface area contributed by atoms with Crippen LogP contribution >= 0.6 is 0 Å². The highest BCUT2D eigenvalue weighted by Gasteiger charge is 2.34. The first-order valence-electron chi connectivity index (χ1n) is 8.92. The molecule has 1 aromatic heterocycles. The molecule has 2 aliphatic heterocycles. The summed E-state index contributed by atoms with van der Waals surface area (Å²) in [6.45, 7) is 2.51. The molecule has 0 radical (unpaired) electrons. The summed E-state index contributed by atoms with van der Waals surface area (Å²) in [5, 5.41) is 17.0. The number of hydrogen-bond donors (Lipinski definition) is 2. The fourth-order valence-corrected chi connectivity index (χ4v) is 3.64. The predicted octanol–water partition coefficient (Wildman–Crippen LogP) is 0.836. The van der Waals surface area contributed by atoms with Crippen molar-refractivity contribution in [1.29, 1.82) is 0 Å². The Morgan fingerprint density at radius 2 is 2.04 bits per heavy atom. The van der Waals surface area contributed by atoms with Crippen LogP contribution < -0.4 is 15.1 Å². The third-order valence-corrected chi connectivity index (χ3v) is 4.92. The Labute approximate surface area is 160 Å². The molecule has 28 heavy (non-hydrogen) atoms. The van der Waals surface area contributed by atoms with Crippen LogP contribution in [0.4, 0.5) is 20.2 Å². The number of halogens is 2.